The van der Waals surface area contributed by atoms with Crippen molar-refractivity contribution >= 4 is 50.0 Å². The third kappa shape index (κ3) is 6.29. The van der Waals surface area contributed by atoms with Gasteiger partial charge in [-0.1, -0.05) is 60.7 Å². The first kappa shape index (κ1) is 28.0. The topological polar surface area (TPSA) is 122 Å². The highest BCUT2D eigenvalue weighted by atomic mass is 32.2. The fourth-order valence-corrected chi connectivity index (χ4v) is 6.67. The molecule has 9 nitrogen and oxygen atoms in total. The molecule has 0 fully saturated rings. The van der Waals surface area contributed by atoms with Gasteiger partial charge in [0, 0.05) is 30.2 Å². The molecule has 2 N–H and O–H groups in total. The van der Waals surface area contributed by atoms with Gasteiger partial charge < -0.3 is 15.4 Å². The second kappa shape index (κ2) is 11.9. The molecule has 1 heterocycles. The zero-order valence-corrected chi connectivity index (χ0v) is 23.2. The molecule has 0 aromatic heterocycles. The smallest absolute Gasteiger partial charge is 0.308 e. The summed E-state index contributed by atoms with van der Waals surface area (Å²) >= 11 is 0. The van der Waals surface area contributed by atoms with Crippen LogP contribution in [0.4, 0.5) is 11.4 Å². The fourth-order valence-electron chi connectivity index (χ4n) is 5.06. The number of hydrogen-bond donors (Lipinski definition) is 2. The average Bonchev–Trinajstić information content (AvgIpc) is 2.96. The monoisotopic (exact) mass is 571 g/mol. The van der Waals surface area contributed by atoms with Crippen LogP contribution in [0.15, 0.2) is 95.9 Å². The lowest BCUT2D eigenvalue weighted by molar-refractivity contribution is -0.148. The molecule has 0 radical (unpaired) electrons. The maximum Gasteiger partial charge on any atom is 0.308 e. The summed E-state index contributed by atoms with van der Waals surface area (Å²) in [6, 6.07) is 25.6. The van der Waals surface area contributed by atoms with Gasteiger partial charge in [-0.15, -0.1) is 0 Å². The molecule has 1 unspecified atom stereocenters. The van der Waals surface area contributed by atoms with Crippen LogP contribution in [0.1, 0.15) is 30.5 Å². The third-order valence-corrected chi connectivity index (χ3v) is 8.85. The van der Waals surface area contributed by atoms with Crippen molar-refractivity contribution in [2.24, 2.45) is 0 Å². The number of anilines is 2. The molecule has 0 saturated heterocycles. The first-order valence-electron chi connectivity index (χ1n) is 13.1. The van der Waals surface area contributed by atoms with Crippen molar-refractivity contribution in [1.29, 1.82) is 0 Å². The summed E-state index contributed by atoms with van der Waals surface area (Å²) in [6.45, 7) is 1.03. The Morgan fingerprint density at radius 2 is 1.59 bits per heavy atom. The number of carbonyl (C=O) groups is 3. The summed E-state index contributed by atoms with van der Waals surface area (Å²) in [7, 11) is -4.00. The summed E-state index contributed by atoms with van der Waals surface area (Å²) in [6.07, 6.45) is 0.222. The van der Waals surface area contributed by atoms with Gasteiger partial charge >= 0.3 is 5.97 Å². The molecule has 41 heavy (non-hydrogen) atoms. The highest BCUT2D eigenvalue weighted by Gasteiger charge is 2.38. The molecule has 1 aliphatic heterocycles. The number of ether oxygens (including phenoxy) is 1. The Morgan fingerprint density at radius 3 is 2.37 bits per heavy atom. The molecular formula is C31H29N3O6S. The van der Waals surface area contributed by atoms with Crippen LogP contribution < -0.4 is 10.6 Å². The molecule has 1 aliphatic rings. The van der Waals surface area contributed by atoms with Crippen molar-refractivity contribution in [3.8, 4) is 0 Å². The van der Waals surface area contributed by atoms with E-state index < -0.39 is 34.5 Å². The molecule has 0 bridgehead atoms. The largest absolute Gasteiger partial charge is 0.456 e. The van der Waals surface area contributed by atoms with Crippen molar-refractivity contribution < 1.29 is 27.5 Å². The van der Waals surface area contributed by atoms with E-state index in [4.69, 9.17) is 4.74 Å². The van der Waals surface area contributed by atoms with Gasteiger partial charge in [-0.25, -0.2) is 8.42 Å². The predicted molar refractivity (Wildman–Crippen MR) is 156 cm³/mol. The number of nitrogens with zero attached hydrogens (tertiary/aromatic N) is 1. The Labute approximate surface area is 238 Å². The molecule has 0 spiro atoms. The summed E-state index contributed by atoms with van der Waals surface area (Å²) < 4.78 is 34.1. The number of fused-ring (bicyclic) bond motifs is 2. The van der Waals surface area contributed by atoms with E-state index in [0.29, 0.717) is 23.4 Å². The summed E-state index contributed by atoms with van der Waals surface area (Å²) in [5.74, 6) is -1.46. The van der Waals surface area contributed by atoms with E-state index in [1.54, 1.807) is 12.1 Å². The van der Waals surface area contributed by atoms with E-state index >= 15 is 0 Å². The van der Waals surface area contributed by atoms with Crippen LogP contribution in [0.25, 0.3) is 10.8 Å². The van der Waals surface area contributed by atoms with Crippen LogP contribution in [0.3, 0.4) is 0 Å². The lowest BCUT2D eigenvalue weighted by Crippen LogP contribution is -2.41. The number of hydrogen-bond acceptors (Lipinski definition) is 6. The fraction of sp³-hybridized carbons (Fsp3) is 0.194. The van der Waals surface area contributed by atoms with E-state index in [-0.39, 0.29) is 23.8 Å². The second-order valence-electron chi connectivity index (χ2n) is 9.73. The van der Waals surface area contributed by atoms with Gasteiger partial charge in [-0.3, -0.25) is 14.4 Å². The zero-order chi connectivity index (χ0) is 29.0. The quantitative estimate of drug-likeness (QED) is 0.297. The first-order valence-corrected chi connectivity index (χ1v) is 14.6. The van der Waals surface area contributed by atoms with Gasteiger partial charge in [0.2, 0.25) is 15.9 Å². The Morgan fingerprint density at radius 1 is 0.878 bits per heavy atom. The van der Waals surface area contributed by atoms with E-state index in [1.807, 2.05) is 54.6 Å². The van der Waals surface area contributed by atoms with Crippen LogP contribution in [0.5, 0.6) is 0 Å². The van der Waals surface area contributed by atoms with E-state index in [0.717, 1.165) is 16.3 Å². The molecule has 4 aromatic rings. The predicted octanol–water partition coefficient (Wildman–Crippen LogP) is 4.66. The molecule has 10 heteroatoms. The number of amides is 2. The summed E-state index contributed by atoms with van der Waals surface area (Å²) in [5, 5.41) is 7.22. The van der Waals surface area contributed by atoms with Crippen LogP contribution in [0, 0.1) is 0 Å². The number of benzene rings is 4. The molecule has 0 aliphatic carbocycles. The average molecular weight is 572 g/mol. The van der Waals surface area contributed by atoms with E-state index in [2.05, 4.69) is 10.6 Å². The Balaban J connectivity index is 1.31. The highest BCUT2D eigenvalue weighted by molar-refractivity contribution is 7.89. The van der Waals surface area contributed by atoms with Crippen LogP contribution in [-0.4, -0.2) is 43.7 Å². The Hall–Kier alpha value is -4.54. The van der Waals surface area contributed by atoms with Crippen molar-refractivity contribution in [1.82, 2.24) is 4.31 Å². The van der Waals surface area contributed by atoms with Gasteiger partial charge in [0.1, 0.15) is 0 Å². The van der Waals surface area contributed by atoms with Gasteiger partial charge in [0.15, 0.2) is 6.61 Å². The third-order valence-electron chi connectivity index (χ3n) is 6.93. The second-order valence-corrected chi connectivity index (χ2v) is 11.6. The van der Waals surface area contributed by atoms with Gasteiger partial charge in [-0.05, 0) is 53.3 Å². The lowest BCUT2D eigenvalue weighted by Gasteiger charge is -2.36. The van der Waals surface area contributed by atoms with E-state index in [1.165, 1.54) is 35.5 Å². The molecule has 210 valence electrons. The minimum Gasteiger partial charge on any atom is -0.456 e. The first-order chi connectivity index (χ1) is 19.7. The molecular weight excluding hydrogens is 542 g/mol. The van der Waals surface area contributed by atoms with Crippen LogP contribution in [0.2, 0.25) is 0 Å². The number of sulfonamides is 1. The van der Waals surface area contributed by atoms with Gasteiger partial charge in [-0.2, -0.15) is 4.31 Å². The number of rotatable bonds is 8. The van der Waals surface area contributed by atoms with Gasteiger partial charge in [0.05, 0.1) is 17.4 Å². The number of carbonyl (C=O) groups excluding carboxylic acids is 3. The van der Waals surface area contributed by atoms with Crippen molar-refractivity contribution in [2.45, 2.75) is 30.7 Å². The van der Waals surface area contributed by atoms with Crippen LogP contribution >= 0.6 is 0 Å². The SMILES string of the molecule is CC(=O)Nc1ccc(S(=O)(=O)N2CCc3ccccc3C2CC(=O)OCC(=O)Nc2cccc3ccccc23)cc1. The Kier molecular flexibility index (Phi) is 8.14. The maximum atomic E-state index is 13.7. The summed E-state index contributed by atoms with van der Waals surface area (Å²) in [4.78, 5) is 37.0. The lowest BCUT2D eigenvalue weighted by atomic mass is 9.92. The molecule has 2 amide bonds. The number of nitrogens with one attached hydrogen (secondary N) is 2. The molecule has 4 aromatic carbocycles. The maximum absolute atomic E-state index is 13.7. The highest BCUT2D eigenvalue weighted by Crippen LogP contribution is 2.36. The van der Waals surface area contributed by atoms with Crippen molar-refractivity contribution in [3.05, 3.63) is 102 Å². The summed E-state index contributed by atoms with van der Waals surface area (Å²) in [5.41, 5.74) is 2.75. The minimum atomic E-state index is -4.00. The Bertz CT molecular complexity index is 1710. The molecule has 0 saturated carbocycles. The number of esters is 1. The molecule has 5 rings (SSSR count). The standard InChI is InChI=1S/C31H29N3O6S/c1-21(35)32-24-13-15-25(16-14-24)41(38,39)34-18-17-23-8-3-5-11-27(23)29(34)19-31(37)40-20-30(36)33-28-12-6-9-22-7-2-4-10-26(22)28/h2-16,29H,17-20H2,1H3,(H,32,35)(H,33,36). The minimum absolute atomic E-state index is 0.0406. The van der Waals surface area contributed by atoms with Crippen molar-refractivity contribution in [3.63, 3.8) is 0 Å². The normalized spacial score (nSPS) is 15.1. The zero-order valence-electron chi connectivity index (χ0n) is 22.4. The molecule has 1 atom stereocenters. The van der Waals surface area contributed by atoms with E-state index in [9.17, 15) is 22.8 Å². The van der Waals surface area contributed by atoms with Gasteiger partial charge in [0.25, 0.3) is 5.91 Å². The van der Waals surface area contributed by atoms with Crippen LogP contribution in [-0.2, 0) is 35.6 Å². The van der Waals surface area contributed by atoms with Crippen molar-refractivity contribution in [2.75, 3.05) is 23.8 Å².